The zero-order valence-corrected chi connectivity index (χ0v) is 13.2. The predicted molar refractivity (Wildman–Crippen MR) is 82.6 cm³/mol. The predicted octanol–water partition coefficient (Wildman–Crippen LogP) is 5.82. The van der Waals surface area contributed by atoms with E-state index < -0.39 is 0 Å². The van der Waals surface area contributed by atoms with Crippen LogP contribution in [0.4, 0.5) is 10.1 Å². The van der Waals surface area contributed by atoms with Gasteiger partial charge >= 0.3 is 0 Å². The average Bonchev–Trinajstić information content (AvgIpc) is 2.30. The number of rotatable bonds is 3. The van der Waals surface area contributed by atoms with E-state index in [1.807, 2.05) is 6.92 Å². The molecule has 0 aliphatic heterocycles. The van der Waals surface area contributed by atoms with Crippen molar-refractivity contribution in [2.45, 2.75) is 13.5 Å². The van der Waals surface area contributed by atoms with E-state index in [9.17, 15) is 4.39 Å². The van der Waals surface area contributed by atoms with Crippen LogP contribution in [0.1, 0.15) is 11.1 Å². The zero-order chi connectivity index (χ0) is 14.0. The third-order valence-corrected chi connectivity index (χ3v) is 3.82. The minimum absolute atomic E-state index is 0.235. The van der Waals surface area contributed by atoms with Crippen molar-refractivity contribution in [3.05, 3.63) is 61.8 Å². The van der Waals surface area contributed by atoms with E-state index in [-0.39, 0.29) is 5.82 Å². The van der Waals surface area contributed by atoms with Gasteiger partial charge in [0.15, 0.2) is 0 Å². The topological polar surface area (TPSA) is 12.0 Å². The molecule has 100 valence electrons. The number of halogens is 4. The summed E-state index contributed by atoms with van der Waals surface area (Å²) in [6.45, 7) is 2.40. The highest BCUT2D eigenvalue weighted by molar-refractivity contribution is 9.10. The van der Waals surface area contributed by atoms with Gasteiger partial charge in [-0.2, -0.15) is 0 Å². The van der Waals surface area contributed by atoms with Crippen molar-refractivity contribution in [2.24, 2.45) is 0 Å². The molecule has 0 bridgehead atoms. The lowest BCUT2D eigenvalue weighted by Crippen LogP contribution is -2.02. The van der Waals surface area contributed by atoms with E-state index in [2.05, 4.69) is 21.2 Å². The lowest BCUT2D eigenvalue weighted by molar-refractivity contribution is 0.625. The van der Waals surface area contributed by atoms with Crippen LogP contribution in [-0.4, -0.2) is 0 Å². The second kappa shape index (κ2) is 6.12. The largest absolute Gasteiger partial charge is 0.379 e. The highest BCUT2D eigenvalue weighted by Gasteiger charge is 2.08. The van der Waals surface area contributed by atoms with Crippen molar-refractivity contribution in [3.8, 4) is 0 Å². The van der Waals surface area contributed by atoms with E-state index in [0.717, 1.165) is 15.6 Å². The Balaban J connectivity index is 2.19. The molecule has 0 fully saturated rings. The Morgan fingerprint density at radius 2 is 1.79 bits per heavy atom. The number of hydrogen-bond acceptors (Lipinski definition) is 1. The van der Waals surface area contributed by atoms with Crippen molar-refractivity contribution in [3.63, 3.8) is 0 Å². The Bertz CT molecular complexity index is 593. The number of benzene rings is 2. The fraction of sp³-hybridized carbons (Fsp3) is 0.143. The maximum Gasteiger partial charge on any atom is 0.123 e. The molecule has 2 rings (SSSR count). The minimum atomic E-state index is -0.235. The molecular formula is C14H11BrCl2FN. The quantitative estimate of drug-likeness (QED) is 0.725. The summed E-state index contributed by atoms with van der Waals surface area (Å²) in [6.07, 6.45) is 0. The van der Waals surface area contributed by atoms with Gasteiger partial charge in [0.2, 0.25) is 0 Å². The highest BCUT2D eigenvalue weighted by Crippen LogP contribution is 2.34. The lowest BCUT2D eigenvalue weighted by atomic mass is 10.1. The molecule has 2 aromatic carbocycles. The summed E-state index contributed by atoms with van der Waals surface area (Å²) in [6, 6.07) is 8.23. The first-order chi connectivity index (χ1) is 8.97. The standard InChI is InChI=1S/C14H11BrCl2FN/c1-8-4-11(18)3-2-9(8)7-19-14-12(16)5-10(15)6-13(14)17/h2-6,19H,7H2,1H3. The van der Waals surface area contributed by atoms with Gasteiger partial charge in [-0.05, 0) is 42.3 Å². The maximum absolute atomic E-state index is 13.0. The molecule has 0 saturated carbocycles. The normalized spacial score (nSPS) is 10.6. The van der Waals surface area contributed by atoms with E-state index in [4.69, 9.17) is 23.2 Å². The van der Waals surface area contributed by atoms with Crippen molar-refractivity contribution >= 4 is 44.8 Å². The molecule has 0 radical (unpaired) electrons. The van der Waals surface area contributed by atoms with Crippen LogP contribution in [0.5, 0.6) is 0 Å². The van der Waals surface area contributed by atoms with Gasteiger partial charge in [-0.3, -0.25) is 0 Å². The van der Waals surface area contributed by atoms with Crippen LogP contribution >= 0.6 is 39.1 Å². The van der Waals surface area contributed by atoms with E-state index in [0.29, 0.717) is 22.3 Å². The monoisotopic (exact) mass is 361 g/mol. The second-order valence-corrected chi connectivity index (χ2v) is 5.90. The van der Waals surface area contributed by atoms with Gasteiger partial charge in [0, 0.05) is 11.0 Å². The first kappa shape index (κ1) is 14.6. The average molecular weight is 363 g/mol. The van der Waals surface area contributed by atoms with Crippen LogP contribution in [0.15, 0.2) is 34.8 Å². The van der Waals surface area contributed by atoms with Crippen molar-refractivity contribution < 1.29 is 4.39 Å². The van der Waals surface area contributed by atoms with Crippen LogP contribution in [0.25, 0.3) is 0 Å². The van der Waals surface area contributed by atoms with E-state index in [1.54, 1.807) is 18.2 Å². The van der Waals surface area contributed by atoms with Crippen LogP contribution in [0.3, 0.4) is 0 Å². The SMILES string of the molecule is Cc1cc(F)ccc1CNc1c(Cl)cc(Br)cc1Cl. The third kappa shape index (κ3) is 3.62. The molecule has 0 unspecified atom stereocenters. The Morgan fingerprint density at radius 3 is 2.37 bits per heavy atom. The Hall–Kier alpha value is -0.770. The first-order valence-corrected chi connectivity index (χ1v) is 7.15. The highest BCUT2D eigenvalue weighted by atomic mass is 79.9. The van der Waals surface area contributed by atoms with Gasteiger partial charge in [0.25, 0.3) is 0 Å². The van der Waals surface area contributed by atoms with E-state index in [1.165, 1.54) is 12.1 Å². The first-order valence-electron chi connectivity index (χ1n) is 5.61. The summed E-state index contributed by atoms with van der Waals surface area (Å²) in [5.74, 6) is -0.235. The molecule has 0 amide bonds. The molecule has 0 aromatic heterocycles. The van der Waals surface area contributed by atoms with Gasteiger partial charge < -0.3 is 5.32 Å². The fourth-order valence-corrected chi connectivity index (χ4v) is 3.09. The van der Waals surface area contributed by atoms with Gasteiger partial charge in [0.1, 0.15) is 5.82 Å². The molecule has 0 aliphatic carbocycles. The lowest BCUT2D eigenvalue weighted by Gasteiger charge is -2.12. The second-order valence-electron chi connectivity index (χ2n) is 4.17. The maximum atomic E-state index is 13.0. The molecule has 0 spiro atoms. The Kier molecular flexibility index (Phi) is 4.71. The van der Waals surface area contributed by atoms with E-state index >= 15 is 0 Å². The van der Waals surface area contributed by atoms with Crippen molar-refractivity contribution in [1.82, 2.24) is 0 Å². The summed E-state index contributed by atoms with van der Waals surface area (Å²) < 4.78 is 13.8. The van der Waals surface area contributed by atoms with Crippen LogP contribution < -0.4 is 5.32 Å². The molecule has 0 heterocycles. The fourth-order valence-electron chi connectivity index (χ4n) is 1.75. The summed E-state index contributed by atoms with van der Waals surface area (Å²) >= 11 is 15.6. The van der Waals surface area contributed by atoms with Crippen LogP contribution in [0, 0.1) is 12.7 Å². The van der Waals surface area contributed by atoms with Crippen molar-refractivity contribution in [2.75, 3.05) is 5.32 Å². The molecule has 19 heavy (non-hydrogen) atoms. The minimum Gasteiger partial charge on any atom is -0.379 e. The zero-order valence-electron chi connectivity index (χ0n) is 10.1. The molecule has 1 N–H and O–H groups in total. The molecule has 0 atom stereocenters. The molecular weight excluding hydrogens is 352 g/mol. The molecule has 2 aromatic rings. The summed E-state index contributed by atoms with van der Waals surface area (Å²) in [7, 11) is 0. The summed E-state index contributed by atoms with van der Waals surface area (Å²) in [5.41, 5.74) is 2.56. The van der Waals surface area contributed by atoms with Gasteiger partial charge in [-0.1, -0.05) is 45.2 Å². The van der Waals surface area contributed by atoms with Gasteiger partial charge in [-0.25, -0.2) is 4.39 Å². The van der Waals surface area contributed by atoms with Crippen LogP contribution in [-0.2, 0) is 6.54 Å². The summed E-state index contributed by atoms with van der Waals surface area (Å²) in [4.78, 5) is 0. The number of anilines is 1. The van der Waals surface area contributed by atoms with Crippen molar-refractivity contribution in [1.29, 1.82) is 0 Å². The molecule has 5 heteroatoms. The van der Waals surface area contributed by atoms with Crippen LogP contribution in [0.2, 0.25) is 10.0 Å². The Labute approximate surface area is 129 Å². The van der Waals surface area contributed by atoms with Gasteiger partial charge in [0.05, 0.1) is 15.7 Å². The number of aryl methyl sites for hydroxylation is 1. The number of nitrogens with one attached hydrogen (secondary N) is 1. The molecule has 0 aliphatic rings. The Morgan fingerprint density at radius 1 is 1.16 bits per heavy atom. The third-order valence-electron chi connectivity index (χ3n) is 2.77. The van der Waals surface area contributed by atoms with Gasteiger partial charge in [-0.15, -0.1) is 0 Å². The smallest absolute Gasteiger partial charge is 0.123 e. The summed E-state index contributed by atoms with van der Waals surface area (Å²) in [5, 5.41) is 4.26. The molecule has 0 saturated heterocycles. The molecule has 1 nitrogen and oxygen atoms in total. The number of hydrogen-bond donors (Lipinski definition) is 1.